The number of hydrogen-bond donors (Lipinski definition) is 1. The van der Waals surface area contributed by atoms with Crippen LogP contribution in [0.4, 0.5) is 0 Å². The molecule has 0 aliphatic rings. The molecule has 0 atom stereocenters. The van der Waals surface area contributed by atoms with E-state index in [-0.39, 0.29) is 0 Å². The molecule has 1 N–H and O–H groups in total. The lowest BCUT2D eigenvalue weighted by atomic mass is 10.1. The molecule has 0 bridgehead atoms. The predicted octanol–water partition coefficient (Wildman–Crippen LogP) is 4.46. The van der Waals surface area contributed by atoms with Crippen LogP contribution in [0.1, 0.15) is 5.56 Å². The number of benzene rings is 1. The molecule has 0 aliphatic heterocycles. The highest BCUT2D eigenvalue weighted by molar-refractivity contribution is 7.13. The summed E-state index contributed by atoms with van der Waals surface area (Å²) in [6.07, 6.45) is 6.80. The SMILES string of the molecule is CN(C)CCc1c[nH]c2ccc(-c3nc(-c4cccnc4)cs3)cc12. The molecule has 25 heavy (non-hydrogen) atoms. The van der Waals surface area contributed by atoms with E-state index in [9.17, 15) is 0 Å². The summed E-state index contributed by atoms with van der Waals surface area (Å²) in [6.45, 7) is 1.04. The molecule has 0 aliphatic carbocycles. The maximum Gasteiger partial charge on any atom is 0.124 e. The zero-order valence-electron chi connectivity index (χ0n) is 14.4. The topological polar surface area (TPSA) is 44.8 Å². The Morgan fingerprint density at radius 1 is 1.16 bits per heavy atom. The van der Waals surface area contributed by atoms with Gasteiger partial charge < -0.3 is 9.88 Å². The second kappa shape index (κ2) is 6.78. The van der Waals surface area contributed by atoms with Gasteiger partial charge in [-0.05, 0) is 56.4 Å². The van der Waals surface area contributed by atoms with Gasteiger partial charge in [-0.15, -0.1) is 11.3 Å². The summed E-state index contributed by atoms with van der Waals surface area (Å²) in [6, 6.07) is 10.5. The molecule has 4 aromatic rings. The Morgan fingerprint density at radius 3 is 2.88 bits per heavy atom. The van der Waals surface area contributed by atoms with Gasteiger partial charge in [0.2, 0.25) is 0 Å². The van der Waals surface area contributed by atoms with Crippen LogP contribution in [0.2, 0.25) is 0 Å². The van der Waals surface area contributed by atoms with E-state index >= 15 is 0 Å². The summed E-state index contributed by atoms with van der Waals surface area (Å²) < 4.78 is 0. The molecule has 0 spiro atoms. The van der Waals surface area contributed by atoms with Crippen LogP contribution < -0.4 is 0 Å². The third-order valence-electron chi connectivity index (χ3n) is 4.30. The fourth-order valence-electron chi connectivity index (χ4n) is 2.92. The highest BCUT2D eigenvalue weighted by Crippen LogP contribution is 2.31. The van der Waals surface area contributed by atoms with Gasteiger partial charge in [-0.25, -0.2) is 4.98 Å². The van der Waals surface area contributed by atoms with Crippen molar-refractivity contribution >= 4 is 22.2 Å². The van der Waals surface area contributed by atoms with E-state index in [0.29, 0.717) is 0 Å². The molecule has 0 radical (unpaired) electrons. The molecule has 126 valence electrons. The highest BCUT2D eigenvalue weighted by atomic mass is 32.1. The molecule has 0 unspecified atom stereocenters. The normalized spacial score (nSPS) is 11.5. The van der Waals surface area contributed by atoms with E-state index in [1.165, 1.54) is 22.0 Å². The van der Waals surface area contributed by atoms with Gasteiger partial charge in [-0.1, -0.05) is 0 Å². The smallest absolute Gasteiger partial charge is 0.124 e. The third-order valence-corrected chi connectivity index (χ3v) is 5.20. The van der Waals surface area contributed by atoms with Crippen LogP contribution in [-0.2, 0) is 6.42 Å². The average Bonchev–Trinajstić information content (AvgIpc) is 3.27. The van der Waals surface area contributed by atoms with Gasteiger partial charge in [0, 0.05) is 52.5 Å². The number of pyridine rings is 1. The molecule has 0 saturated heterocycles. The first-order valence-electron chi connectivity index (χ1n) is 8.32. The van der Waals surface area contributed by atoms with Crippen molar-refractivity contribution in [3.05, 3.63) is 59.9 Å². The fraction of sp³-hybridized carbons (Fsp3) is 0.200. The first-order chi connectivity index (χ1) is 12.2. The van der Waals surface area contributed by atoms with Crippen LogP contribution in [0.25, 0.3) is 32.7 Å². The van der Waals surface area contributed by atoms with Gasteiger partial charge in [-0.3, -0.25) is 4.98 Å². The van der Waals surface area contributed by atoms with Crippen LogP contribution in [-0.4, -0.2) is 40.5 Å². The number of hydrogen-bond acceptors (Lipinski definition) is 4. The number of rotatable bonds is 5. The lowest BCUT2D eigenvalue weighted by Gasteiger charge is -2.08. The van der Waals surface area contributed by atoms with Crippen molar-refractivity contribution < 1.29 is 0 Å². The summed E-state index contributed by atoms with van der Waals surface area (Å²) in [4.78, 5) is 14.6. The van der Waals surface area contributed by atoms with E-state index in [2.05, 4.69) is 58.7 Å². The number of H-pyrrole nitrogens is 1. The van der Waals surface area contributed by atoms with Gasteiger partial charge in [-0.2, -0.15) is 0 Å². The van der Waals surface area contributed by atoms with E-state index in [1.54, 1.807) is 17.5 Å². The molecule has 0 amide bonds. The zero-order valence-corrected chi connectivity index (χ0v) is 15.2. The minimum absolute atomic E-state index is 0.982. The van der Waals surface area contributed by atoms with Gasteiger partial charge in [0.15, 0.2) is 0 Å². The molecular weight excluding hydrogens is 328 g/mol. The third kappa shape index (κ3) is 3.34. The second-order valence-corrected chi connectivity index (χ2v) is 7.27. The first-order valence-corrected chi connectivity index (χ1v) is 9.20. The van der Waals surface area contributed by atoms with Crippen molar-refractivity contribution in [3.8, 4) is 21.8 Å². The Labute approximate surface area is 151 Å². The Balaban J connectivity index is 1.67. The molecule has 4 rings (SSSR count). The standard InChI is InChI=1S/C20H20N4S/c1-24(2)9-7-15-12-22-18-6-5-14(10-17(15)18)20-23-19(13-25-20)16-4-3-8-21-11-16/h3-6,8,10-13,22H,7,9H2,1-2H3. The number of likely N-dealkylation sites (N-methyl/N-ethyl adjacent to an activating group) is 1. The minimum Gasteiger partial charge on any atom is -0.361 e. The van der Waals surface area contributed by atoms with Crippen molar-refractivity contribution in [2.24, 2.45) is 0 Å². The Morgan fingerprint density at radius 2 is 2.08 bits per heavy atom. The number of fused-ring (bicyclic) bond motifs is 1. The molecule has 1 aromatic carbocycles. The maximum atomic E-state index is 4.81. The highest BCUT2D eigenvalue weighted by Gasteiger charge is 2.10. The molecule has 0 fully saturated rings. The molecule has 0 saturated carbocycles. The largest absolute Gasteiger partial charge is 0.361 e. The quantitative estimate of drug-likeness (QED) is 0.579. The number of nitrogens with zero attached hydrogens (tertiary/aromatic N) is 3. The van der Waals surface area contributed by atoms with Crippen molar-refractivity contribution in [1.29, 1.82) is 0 Å². The van der Waals surface area contributed by atoms with Crippen LogP contribution >= 0.6 is 11.3 Å². The van der Waals surface area contributed by atoms with Crippen LogP contribution in [0, 0.1) is 0 Å². The van der Waals surface area contributed by atoms with Gasteiger partial charge in [0.1, 0.15) is 5.01 Å². The van der Waals surface area contributed by atoms with Crippen molar-refractivity contribution in [1.82, 2.24) is 19.9 Å². The number of thiazole rings is 1. The van der Waals surface area contributed by atoms with E-state index in [4.69, 9.17) is 4.98 Å². The van der Waals surface area contributed by atoms with Crippen molar-refractivity contribution in [2.75, 3.05) is 20.6 Å². The van der Waals surface area contributed by atoms with Gasteiger partial charge in [0.25, 0.3) is 0 Å². The van der Waals surface area contributed by atoms with E-state index in [1.807, 2.05) is 18.3 Å². The fourth-order valence-corrected chi connectivity index (χ4v) is 3.74. The molecule has 4 nitrogen and oxygen atoms in total. The molecule has 3 aromatic heterocycles. The lowest BCUT2D eigenvalue weighted by molar-refractivity contribution is 0.414. The number of aromatic amines is 1. The summed E-state index contributed by atoms with van der Waals surface area (Å²) >= 11 is 1.68. The van der Waals surface area contributed by atoms with E-state index < -0.39 is 0 Å². The van der Waals surface area contributed by atoms with Gasteiger partial charge in [0.05, 0.1) is 5.69 Å². The molecular formula is C20H20N4S. The summed E-state index contributed by atoms with van der Waals surface area (Å²) in [5.74, 6) is 0. The van der Waals surface area contributed by atoms with Gasteiger partial charge >= 0.3 is 0 Å². The Hall–Kier alpha value is -2.50. The monoisotopic (exact) mass is 348 g/mol. The van der Waals surface area contributed by atoms with Crippen LogP contribution in [0.15, 0.2) is 54.3 Å². The summed E-state index contributed by atoms with van der Waals surface area (Å²) in [5, 5.41) is 4.43. The first kappa shape index (κ1) is 16.0. The molecule has 3 heterocycles. The zero-order chi connectivity index (χ0) is 17.2. The summed E-state index contributed by atoms with van der Waals surface area (Å²) in [5.41, 5.74) is 5.74. The maximum absolute atomic E-state index is 4.81. The van der Waals surface area contributed by atoms with Crippen LogP contribution in [0.3, 0.4) is 0 Å². The number of nitrogens with one attached hydrogen (secondary N) is 1. The van der Waals surface area contributed by atoms with Crippen molar-refractivity contribution in [3.63, 3.8) is 0 Å². The number of aromatic nitrogens is 3. The van der Waals surface area contributed by atoms with E-state index in [0.717, 1.165) is 29.2 Å². The minimum atomic E-state index is 0.982. The molecule has 5 heteroatoms. The average molecular weight is 348 g/mol. The summed E-state index contributed by atoms with van der Waals surface area (Å²) in [7, 11) is 4.21. The van der Waals surface area contributed by atoms with Crippen molar-refractivity contribution in [2.45, 2.75) is 6.42 Å². The predicted molar refractivity (Wildman–Crippen MR) is 105 cm³/mol. The Kier molecular flexibility index (Phi) is 4.34. The lowest BCUT2D eigenvalue weighted by Crippen LogP contribution is -2.14. The Bertz CT molecular complexity index is 985. The second-order valence-electron chi connectivity index (χ2n) is 6.41. The van der Waals surface area contributed by atoms with Crippen LogP contribution in [0.5, 0.6) is 0 Å².